The van der Waals surface area contributed by atoms with Crippen LogP contribution in [0.3, 0.4) is 0 Å². The maximum absolute atomic E-state index is 12.4. The minimum atomic E-state index is -0.499. The normalized spacial score (nSPS) is 10.7. The molecular formula is C21H22N4O2. The van der Waals surface area contributed by atoms with Crippen LogP contribution in [0.2, 0.25) is 0 Å². The van der Waals surface area contributed by atoms with Gasteiger partial charge >= 0.3 is 0 Å². The van der Waals surface area contributed by atoms with E-state index < -0.39 is 5.91 Å². The first-order valence-corrected chi connectivity index (χ1v) is 8.34. The lowest BCUT2D eigenvalue weighted by Crippen LogP contribution is -2.21. The topological polar surface area (TPSA) is 76.4 Å². The molecule has 0 heterocycles. The smallest absolute Gasteiger partial charge is 0.266 e. The van der Waals surface area contributed by atoms with Crippen molar-refractivity contribution in [2.45, 2.75) is 0 Å². The molecule has 0 saturated heterocycles. The molecule has 0 aromatic heterocycles. The first-order chi connectivity index (χ1) is 12.8. The number of carbonyl (C=O) groups is 2. The van der Waals surface area contributed by atoms with Crippen molar-refractivity contribution in [3.8, 4) is 6.07 Å². The number of nitrogens with zero attached hydrogens (tertiary/aromatic N) is 3. The molecule has 2 amide bonds. The Bertz CT molecular complexity index is 889. The van der Waals surface area contributed by atoms with E-state index in [1.54, 1.807) is 44.4 Å². The molecule has 2 aromatic rings. The van der Waals surface area contributed by atoms with Gasteiger partial charge in [0.05, 0.1) is 0 Å². The van der Waals surface area contributed by atoms with Crippen LogP contribution in [0.5, 0.6) is 0 Å². The molecule has 2 rings (SSSR count). The first kappa shape index (κ1) is 19.7. The van der Waals surface area contributed by atoms with Crippen LogP contribution < -0.4 is 10.2 Å². The summed E-state index contributed by atoms with van der Waals surface area (Å²) in [6.45, 7) is 0. The van der Waals surface area contributed by atoms with Crippen LogP contribution in [-0.2, 0) is 4.79 Å². The summed E-state index contributed by atoms with van der Waals surface area (Å²) in [5.41, 5.74) is 2.83. The first-order valence-electron chi connectivity index (χ1n) is 8.34. The van der Waals surface area contributed by atoms with Crippen molar-refractivity contribution in [1.82, 2.24) is 4.90 Å². The maximum Gasteiger partial charge on any atom is 0.266 e. The molecule has 0 bridgehead atoms. The van der Waals surface area contributed by atoms with Gasteiger partial charge in [0, 0.05) is 45.1 Å². The monoisotopic (exact) mass is 362 g/mol. The number of hydrogen-bond donors (Lipinski definition) is 1. The molecular weight excluding hydrogens is 340 g/mol. The summed E-state index contributed by atoms with van der Waals surface area (Å²) in [6, 6.07) is 16.0. The van der Waals surface area contributed by atoms with Crippen molar-refractivity contribution >= 4 is 29.3 Å². The van der Waals surface area contributed by atoms with Crippen LogP contribution in [0.25, 0.3) is 6.08 Å². The van der Waals surface area contributed by atoms with Gasteiger partial charge in [-0.05, 0) is 48.0 Å². The summed E-state index contributed by atoms with van der Waals surface area (Å²) in [4.78, 5) is 27.7. The Hall–Kier alpha value is -3.59. The van der Waals surface area contributed by atoms with Crippen LogP contribution in [-0.4, -0.2) is 44.9 Å². The summed E-state index contributed by atoms with van der Waals surface area (Å²) < 4.78 is 0. The van der Waals surface area contributed by atoms with Crippen molar-refractivity contribution in [2.24, 2.45) is 0 Å². The van der Waals surface area contributed by atoms with Crippen molar-refractivity contribution in [3.63, 3.8) is 0 Å². The van der Waals surface area contributed by atoms with Gasteiger partial charge < -0.3 is 15.1 Å². The summed E-state index contributed by atoms with van der Waals surface area (Å²) in [6.07, 6.45) is 1.54. The molecule has 138 valence electrons. The molecule has 6 nitrogen and oxygen atoms in total. The van der Waals surface area contributed by atoms with E-state index in [4.69, 9.17) is 0 Å². The third-order valence-corrected chi connectivity index (χ3v) is 3.88. The minimum absolute atomic E-state index is 0.000970. The molecule has 0 fully saturated rings. The number of benzene rings is 2. The molecule has 1 N–H and O–H groups in total. The predicted octanol–water partition coefficient (Wildman–Crippen LogP) is 3.00. The molecule has 0 saturated carbocycles. The highest BCUT2D eigenvalue weighted by molar-refractivity contribution is 6.09. The van der Waals surface area contributed by atoms with E-state index in [9.17, 15) is 14.9 Å². The standard InChI is InChI=1S/C21H22N4O2/c1-24(2)19-11-5-15(6-12-19)13-17(14-22)20(26)23-18-9-7-16(8-10-18)21(27)25(3)4/h5-13H,1-4H3,(H,23,26)/b17-13+. The van der Waals surface area contributed by atoms with Gasteiger partial charge in [0.2, 0.25) is 0 Å². The van der Waals surface area contributed by atoms with Crippen LogP contribution in [0, 0.1) is 11.3 Å². The molecule has 6 heteroatoms. The fourth-order valence-electron chi connectivity index (χ4n) is 2.34. The lowest BCUT2D eigenvalue weighted by atomic mass is 10.1. The van der Waals surface area contributed by atoms with Crippen LogP contribution in [0.4, 0.5) is 11.4 Å². The highest BCUT2D eigenvalue weighted by Crippen LogP contribution is 2.16. The zero-order valence-corrected chi connectivity index (χ0v) is 15.9. The Labute approximate surface area is 159 Å². The molecule has 2 aromatic carbocycles. The zero-order valence-electron chi connectivity index (χ0n) is 15.9. The maximum atomic E-state index is 12.4. The van der Waals surface area contributed by atoms with Crippen molar-refractivity contribution < 1.29 is 9.59 Å². The van der Waals surface area contributed by atoms with Crippen LogP contribution >= 0.6 is 0 Å². The van der Waals surface area contributed by atoms with Gasteiger partial charge in [-0.25, -0.2) is 0 Å². The lowest BCUT2D eigenvalue weighted by Gasteiger charge is -2.12. The summed E-state index contributed by atoms with van der Waals surface area (Å²) in [7, 11) is 7.23. The lowest BCUT2D eigenvalue weighted by molar-refractivity contribution is -0.112. The second-order valence-corrected chi connectivity index (χ2v) is 6.39. The molecule has 0 aliphatic rings. The molecule has 0 unspecified atom stereocenters. The highest BCUT2D eigenvalue weighted by Gasteiger charge is 2.11. The Morgan fingerprint density at radius 3 is 2.04 bits per heavy atom. The molecule has 0 aliphatic heterocycles. The summed E-state index contributed by atoms with van der Waals surface area (Å²) in [5.74, 6) is -0.618. The Morgan fingerprint density at radius 2 is 1.56 bits per heavy atom. The number of amides is 2. The van der Waals surface area contributed by atoms with Crippen molar-refractivity contribution in [3.05, 3.63) is 65.2 Å². The number of nitriles is 1. The highest BCUT2D eigenvalue weighted by atomic mass is 16.2. The quantitative estimate of drug-likeness (QED) is 0.655. The minimum Gasteiger partial charge on any atom is -0.378 e. The second-order valence-electron chi connectivity index (χ2n) is 6.39. The van der Waals surface area contributed by atoms with Gasteiger partial charge in [-0.3, -0.25) is 9.59 Å². The average molecular weight is 362 g/mol. The zero-order chi connectivity index (χ0) is 20.0. The van der Waals surface area contributed by atoms with E-state index in [1.165, 1.54) is 4.90 Å². The van der Waals surface area contributed by atoms with Gasteiger partial charge in [-0.15, -0.1) is 0 Å². The second kappa shape index (κ2) is 8.68. The van der Waals surface area contributed by atoms with E-state index in [2.05, 4.69) is 5.32 Å². The van der Waals surface area contributed by atoms with E-state index in [-0.39, 0.29) is 11.5 Å². The van der Waals surface area contributed by atoms with E-state index >= 15 is 0 Å². The van der Waals surface area contributed by atoms with Gasteiger partial charge in [0.25, 0.3) is 11.8 Å². The van der Waals surface area contributed by atoms with Gasteiger partial charge in [-0.2, -0.15) is 5.26 Å². The van der Waals surface area contributed by atoms with E-state index in [0.29, 0.717) is 11.3 Å². The summed E-state index contributed by atoms with van der Waals surface area (Å²) >= 11 is 0. The number of carbonyl (C=O) groups excluding carboxylic acids is 2. The largest absolute Gasteiger partial charge is 0.378 e. The molecule has 27 heavy (non-hydrogen) atoms. The third-order valence-electron chi connectivity index (χ3n) is 3.88. The summed E-state index contributed by atoms with van der Waals surface area (Å²) in [5, 5.41) is 12.0. The Balaban J connectivity index is 2.13. The number of nitrogens with one attached hydrogen (secondary N) is 1. The molecule has 0 spiro atoms. The van der Waals surface area contributed by atoms with Crippen LogP contribution in [0.1, 0.15) is 15.9 Å². The fraction of sp³-hybridized carbons (Fsp3) is 0.190. The number of hydrogen-bond acceptors (Lipinski definition) is 4. The molecule has 0 radical (unpaired) electrons. The van der Waals surface area contributed by atoms with Crippen molar-refractivity contribution in [2.75, 3.05) is 38.4 Å². The molecule has 0 aliphatic carbocycles. The number of rotatable bonds is 5. The average Bonchev–Trinajstić information content (AvgIpc) is 2.66. The van der Waals surface area contributed by atoms with E-state index in [1.807, 2.05) is 49.3 Å². The third kappa shape index (κ3) is 5.19. The Morgan fingerprint density at radius 1 is 0.963 bits per heavy atom. The van der Waals surface area contributed by atoms with Gasteiger partial charge in [0.15, 0.2) is 0 Å². The van der Waals surface area contributed by atoms with E-state index in [0.717, 1.165) is 11.3 Å². The molecule has 0 atom stereocenters. The fourth-order valence-corrected chi connectivity index (χ4v) is 2.34. The van der Waals surface area contributed by atoms with Crippen molar-refractivity contribution in [1.29, 1.82) is 5.26 Å². The van der Waals surface area contributed by atoms with Gasteiger partial charge in [-0.1, -0.05) is 12.1 Å². The van der Waals surface area contributed by atoms with Crippen LogP contribution in [0.15, 0.2) is 54.1 Å². The SMILES string of the molecule is CN(C)C(=O)c1ccc(NC(=O)/C(C#N)=C/c2ccc(N(C)C)cc2)cc1. The Kier molecular flexibility index (Phi) is 6.34. The predicted molar refractivity (Wildman–Crippen MR) is 107 cm³/mol. The number of anilines is 2. The van der Waals surface area contributed by atoms with Gasteiger partial charge in [0.1, 0.15) is 11.6 Å².